The maximum absolute atomic E-state index is 12.3. The second kappa shape index (κ2) is 9.51. The number of benzene rings is 3. The number of hydrogen-bond acceptors (Lipinski definition) is 9. The molecule has 3 rings (SSSR count). The predicted octanol–water partition coefficient (Wildman–Crippen LogP) is 2.93. The molecule has 0 aliphatic heterocycles. The SMILES string of the molecule is C=CS(=O)(=O)c1ccc(-c2c(N)ccc(S(=O)(=O)O)c2-c2ccc(S(=O)(=O)C=C)cc2S(=O)(=O)O)cc1. The Balaban J connectivity index is 2.53. The summed E-state index contributed by atoms with van der Waals surface area (Å²) in [6, 6.07) is 9.30. The molecule has 0 radical (unpaired) electrons. The molecule has 0 saturated carbocycles. The molecule has 196 valence electrons. The van der Waals surface area contributed by atoms with Crippen molar-refractivity contribution in [1.29, 1.82) is 0 Å². The molecule has 3 aromatic carbocycles. The Bertz CT molecular complexity index is 1880. The number of hydrogen-bond donors (Lipinski definition) is 3. The third-order valence-corrected chi connectivity index (χ3v) is 9.72. The maximum Gasteiger partial charge on any atom is 0.295 e. The van der Waals surface area contributed by atoms with E-state index in [4.69, 9.17) is 5.73 Å². The van der Waals surface area contributed by atoms with Crippen LogP contribution in [0.3, 0.4) is 0 Å². The van der Waals surface area contributed by atoms with E-state index in [-0.39, 0.29) is 21.7 Å². The molecule has 4 N–H and O–H groups in total. The predicted molar refractivity (Wildman–Crippen MR) is 136 cm³/mol. The minimum absolute atomic E-state index is 0.102. The van der Waals surface area contributed by atoms with Gasteiger partial charge in [0.1, 0.15) is 9.79 Å². The van der Waals surface area contributed by atoms with Crippen molar-refractivity contribution >= 4 is 45.6 Å². The molecule has 0 aromatic heterocycles. The Labute approximate surface area is 213 Å². The highest BCUT2D eigenvalue weighted by Gasteiger charge is 2.29. The Morgan fingerprint density at radius 1 is 0.622 bits per heavy atom. The lowest BCUT2D eigenvalue weighted by molar-refractivity contribution is 0.480. The second-order valence-corrected chi connectivity index (χ2v) is 14.0. The van der Waals surface area contributed by atoms with E-state index in [0.29, 0.717) is 11.5 Å². The zero-order valence-corrected chi connectivity index (χ0v) is 21.9. The van der Waals surface area contributed by atoms with Crippen LogP contribution in [-0.4, -0.2) is 42.8 Å². The summed E-state index contributed by atoms with van der Waals surface area (Å²) in [5, 5.41) is 1.27. The minimum atomic E-state index is -5.18. The van der Waals surface area contributed by atoms with E-state index in [0.717, 1.165) is 29.7 Å². The monoisotopic (exact) mass is 585 g/mol. The van der Waals surface area contributed by atoms with Gasteiger partial charge in [0.2, 0.25) is 0 Å². The topological polar surface area (TPSA) is 203 Å². The zero-order valence-electron chi connectivity index (χ0n) is 18.6. The Morgan fingerprint density at radius 3 is 1.59 bits per heavy atom. The summed E-state index contributed by atoms with van der Waals surface area (Å²) in [4.78, 5) is -2.55. The van der Waals surface area contributed by atoms with Gasteiger partial charge in [0.05, 0.1) is 9.79 Å². The van der Waals surface area contributed by atoms with E-state index in [1.54, 1.807) is 0 Å². The maximum atomic E-state index is 12.3. The van der Waals surface area contributed by atoms with Crippen molar-refractivity contribution in [2.45, 2.75) is 19.6 Å². The smallest absolute Gasteiger partial charge is 0.295 e. The van der Waals surface area contributed by atoms with Crippen LogP contribution in [0.25, 0.3) is 22.3 Å². The van der Waals surface area contributed by atoms with Gasteiger partial charge in [-0.3, -0.25) is 9.11 Å². The van der Waals surface area contributed by atoms with Crippen LogP contribution in [0.5, 0.6) is 0 Å². The molecular weight excluding hydrogens is 567 g/mol. The zero-order chi connectivity index (χ0) is 28.0. The molecule has 37 heavy (non-hydrogen) atoms. The van der Waals surface area contributed by atoms with Crippen molar-refractivity contribution in [2.24, 2.45) is 0 Å². The largest absolute Gasteiger partial charge is 0.398 e. The molecule has 0 fully saturated rings. The molecule has 0 spiro atoms. The number of sulfone groups is 2. The highest BCUT2D eigenvalue weighted by Crippen LogP contribution is 2.44. The van der Waals surface area contributed by atoms with Crippen LogP contribution in [-0.2, 0) is 39.9 Å². The Kier molecular flexibility index (Phi) is 7.26. The molecule has 0 bridgehead atoms. The Morgan fingerprint density at radius 2 is 1.11 bits per heavy atom. The van der Waals surface area contributed by atoms with Crippen molar-refractivity contribution in [3.8, 4) is 22.3 Å². The fourth-order valence-corrected chi connectivity index (χ4v) is 6.45. The molecule has 0 heterocycles. The van der Waals surface area contributed by atoms with Crippen LogP contribution in [0.2, 0.25) is 0 Å². The molecule has 0 unspecified atom stereocenters. The highest BCUT2D eigenvalue weighted by atomic mass is 32.2. The minimum Gasteiger partial charge on any atom is -0.398 e. The first kappa shape index (κ1) is 28.2. The molecule has 0 amide bonds. The summed E-state index contributed by atoms with van der Waals surface area (Å²) in [7, 11) is -18.2. The van der Waals surface area contributed by atoms with Crippen LogP contribution < -0.4 is 5.73 Å². The van der Waals surface area contributed by atoms with Crippen LogP contribution in [0, 0.1) is 0 Å². The van der Waals surface area contributed by atoms with Gasteiger partial charge in [-0.05, 0) is 42.0 Å². The first-order chi connectivity index (χ1) is 16.9. The lowest BCUT2D eigenvalue weighted by Gasteiger charge is -2.19. The molecule has 11 nitrogen and oxygen atoms in total. The molecule has 0 atom stereocenters. The Hall–Kier alpha value is -3.34. The first-order valence-electron chi connectivity index (χ1n) is 9.81. The van der Waals surface area contributed by atoms with E-state index in [1.807, 2.05) is 0 Å². The number of nitrogens with two attached hydrogens (primary N) is 1. The molecular formula is C22H19NO10S4. The number of anilines is 1. The molecule has 0 aliphatic carbocycles. The summed E-state index contributed by atoms with van der Waals surface area (Å²) in [6.07, 6.45) is 0. The van der Waals surface area contributed by atoms with Gasteiger partial charge in [-0.1, -0.05) is 31.4 Å². The summed E-state index contributed by atoms with van der Waals surface area (Å²) in [5.41, 5.74) is 4.93. The van der Waals surface area contributed by atoms with Gasteiger partial charge in [0.25, 0.3) is 20.2 Å². The van der Waals surface area contributed by atoms with Crippen molar-refractivity contribution in [2.75, 3.05) is 5.73 Å². The summed E-state index contributed by atoms with van der Waals surface area (Å²) in [5.74, 6) is 0. The third kappa shape index (κ3) is 5.51. The third-order valence-electron chi connectivity index (χ3n) is 5.22. The van der Waals surface area contributed by atoms with Crippen LogP contribution in [0.15, 0.2) is 98.2 Å². The fourth-order valence-electron chi connectivity index (χ4n) is 3.50. The van der Waals surface area contributed by atoms with Gasteiger partial charge < -0.3 is 5.73 Å². The molecule has 15 heteroatoms. The van der Waals surface area contributed by atoms with Crippen molar-refractivity contribution in [1.82, 2.24) is 0 Å². The van der Waals surface area contributed by atoms with Crippen LogP contribution in [0.4, 0.5) is 5.69 Å². The van der Waals surface area contributed by atoms with E-state index in [9.17, 15) is 42.8 Å². The molecule has 0 saturated heterocycles. The van der Waals surface area contributed by atoms with E-state index >= 15 is 0 Å². The summed E-state index contributed by atoms with van der Waals surface area (Å²) < 4.78 is 118. The lowest BCUT2D eigenvalue weighted by atomic mass is 9.93. The average Bonchev–Trinajstić information content (AvgIpc) is 2.82. The van der Waals surface area contributed by atoms with Gasteiger partial charge in [0, 0.05) is 33.2 Å². The number of rotatable bonds is 8. The van der Waals surface area contributed by atoms with Crippen molar-refractivity contribution in [3.05, 3.63) is 78.6 Å². The van der Waals surface area contributed by atoms with E-state index < -0.39 is 65.7 Å². The summed E-state index contributed by atoms with van der Waals surface area (Å²) >= 11 is 0. The van der Waals surface area contributed by atoms with E-state index in [1.165, 1.54) is 24.3 Å². The van der Waals surface area contributed by atoms with Gasteiger partial charge in [-0.2, -0.15) is 16.8 Å². The first-order valence-corrected chi connectivity index (χ1v) is 15.8. The van der Waals surface area contributed by atoms with Crippen molar-refractivity contribution < 1.29 is 42.8 Å². The standard InChI is InChI=1S/C22H19NO10S4/c1-3-34(24,25)15-7-5-14(6-8-15)21-18(23)11-12-19(36(28,29)30)22(21)17-10-9-16(35(26,27)4-2)13-20(17)37(31,32)33/h3-13H,1-2,23H2,(H,28,29,30)(H,31,32,33). The van der Waals surface area contributed by atoms with Crippen LogP contribution >= 0.6 is 0 Å². The quantitative estimate of drug-likeness (QED) is 0.259. The van der Waals surface area contributed by atoms with E-state index in [2.05, 4.69) is 13.2 Å². The average molecular weight is 586 g/mol. The highest BCUT2D eigenvalue weighted by molar-refractivity contribution is 7.94. The van der Waals surface area contributed by atoms with Gasteiger partial charge in [-0.25, -0.2) is 16.8 Å². The lowest BCUT2D eigenvalue weighted by Crippen LogP contribution is -2.09. The fraction of sp³-hybridized carbons (Fsp3) is 0. The van der Waals surface area contributed by atoms with Gasteiger partial charge >= 0.3 is 0 Å². The van der Waals surface area contributed by atoms with Crippen LogP contribution in [0.1, 0.15) is 0 Å². The normalized spacial score (nSPS) is 12.7. The number of nitrogen functional groups attached to an aromatic ring is 1. The van der Waals surface area contributed by atoms with Gasteiger partial charge in [0.15, 0.2) is 19.7 Å². The molecule has 0 aliphatic rings. The summed E-state index contributed by atoms with van der Waals surface area (Å²) in [6.45, 7) is 6.37. The van der Waals surface area contributed by atoms with Gasteiger partial charge in [-0.15, -0.1) is 0 Å². The molecule has 3 aromatic rings. The van der Waals surface area contributed by atoms with Crippen molar-refractivity contribution in [3.63, 3.8) is 0 Å². The second-order valence-electron chi connectivity index (χ2n) is 7.46.